The Balaban J connectivity index is 2.38. The van der Waals surface area contributed by atoms with Gasteiger partial charge in [0, 0.05) is 6.07 Å². The van der Waals surface area contributed by atoms with E-state index in [1.165, 1.54) is 6.07 Å². The molecule has 0 bridgehead atoms. The first-order valence-corrected chi connectivity index (χ1v) is 6.19. The number of carbonyl (C=O) groups is 1. The number of esters is 1. The Kier molecular flexibility index (Phi) is 3.81. The van der Waals surface area contributed by atoms with Crippen molar-refractivity contribution in [2.24, 2.45) is 0 Å². The lowest BCUT2D eigenvalue weighted by Gasteiger charge is -1.97. The van der Waals surface area contributed by atoms with Crippen molar-refractivity contribution in [2.75, 3.05) is 6.61 Å². The minimum atomic E-state index is -0.579. The highest BCUT2D eigenvalue weighted by Gasteiger charge is 2.20. The number of para-hydroxylation sites is 1. The van der Waals surface area contributed by atoms with Gasteiger partial charge in [0.25, 0.3) is 5.69 Å². The van der Waals surface area contributed by atoms with Gasteiger partial charge in [0.15, 0.2) is 5.01 Å². The molecule has 0 saturated heterocycles. The van der Waals surface area contributed by atoms with E-state index in [2.05, 4.69) is 10.2 Å². The van der Waals surface area contributed by atoms with Crippen LogP contribution in [0.25, 0.3) is 10.6 Å². The number of nitrogens with zero attached hydrogens (tertiary/aromatic N) is 3. The number of aromatic nitrogens is 2. The minimum absolute atomic E-state index is 0.0749. The SMILES string of the molecule is CCOC(=O)c1nnc(-c2ccccc2[N+](=O)[O-])s1. The molecule has 0 aliphatic carbocycles. The number of ether oxygens (including phenoxy) is 1. The van der Waals surface area contributed by atoms with Crippen LogP contribution in [-0.4, -0.2) is 27.7 Å². The Morgan fingerprint density at radius 1 is 1.42 bits per heavy atom. The fraction of sp³-hybridized carbons (Fsp3) is 0.182. The summed E-state index contributed by atoms with van der Waals surface area (Å²) >= 11 is 0.964. The number of rotatable bonds is 4. The number of nitro groups is 1. The van der Waals surface area contributed by atoms with Crippen LogP contribution < -0.4 is 0 Å². The van der Waals surface area contributed by atoms with E-state index >= 15 is 0 Å². The van der Waals surface area contributed by atoms with E-state index < -0.39 is 10.9 Å². The Morgan fingerprint density at radius 3 is 2.84 bits per heavy atom. The van der Waals surface area contributed by atoms with Crippen LogP contribution in [0.4, 0.5) is 5.69 Å². The highest BCUT2D eigenvalue weighted by atomic mass is 32.1. The molecule has 0 spiro atoms. The molecule has 1 heterocycles. The second-order valence-corrected chi connectivity index (χ2v) is 4.38. The van der Waals surface area contributed by atoms with Crippen molar-refractivity contribution in [3.8, 4) is 10.6 Å². The number of hydrogen-bond acceptors (Lipinski definition) is 7. The lowest BCUT2D eigenvalue weighted by molar-refractivity contribution is -0.384. The summed E-state index contributed by atoms with van der Waals surface area (Å²) in [6.45, 7) is 1.92. The van der Waals surface area contributed by atoms with Gasteiger partial charge in [-0.25, -0.2) is 4.79 Å². The van der Waals surface area contributed by atoms with Crippen LogP contribution in [0.15, 0.2) is 24.3 Å². The Labute approximate surface area is 112 Å². The molecule has 7 nitrogen and oxygen atoms in total. The van der Waals surface area contributed by atoms with Gasteiger partial charge in [0.05, 0.1) is 17.1 Å². The molecular formula is C11H9N3O4S. The molecule has 19 heavy (non-hydrogen) atoms. The summed E-state index contributed by atoms with van der Waals surface area (Å²) in [7, 11) is 0. The van der Waals surface area contributed by atoms with Crippen LogP contribution in [0.2, 0.25) is 0 Å². The first-order chi connectivity index (χ1) is 9.13. The van der Waals surface area contributed by atoms with Crippen molar-refractivity contribution in [1.29, 1.82) is 0 Å². The van der Waals surface area contributed by atoms with Crippen LogP contribution in [0.5, 0.6) is 0 Å². The monoisotopic (exact) mass is 279 g/mol. The van der Waals surface area contributed by atoms with E-state index in [0.717, 1.165) is 11.3 Å². The van der Waals surface area contributed by atoms with Gasteiger partial charge in [-0.1, -0.05) is 23.5 Å². The van der Waals surface area contributed by atoms with E-state index in [1.54, 1.807) is 25.1 Å². The highest BCUT2D eigenvalue weighted by molar-refractivity contribution is 7.16. The zero-order valence-corrected chi connectivity index (χ0v) is 10.7. The summed E-state index contributed by atoms with van der Waals surface area (Å²) in [6.07, 6.45) is 0. The van der Waals surface area contributed by atoms with Gasteiger partial charge in [-0.05, 0) is 13.0 Å². The van der Waals surface area contributed by atoms with Gasteiger partial charge >= 0.3 is 5.97 Å². The van der Waals surface area contributed by atoms with E-state index in [0.29, 0.717) is 10.6 Å². The molecule has 0 atom stereocenters. The van der Waals surface area contributed by atoms with E-state index in [1.807, 2.05) is 0 Å². The average molecular weight is 279 g/mol. The molecule has 0 amide bonds. The molecule has 0 unspecified atom stereocenters. The highest BCUT2D eigenvalue weighted by Crippen LogP contribution is 2.31. The van der Waals surface area contributed by atoms with Crippen molar-refractivity contribution in [1.82, 2.24) is 10.2 Å². The Morgan fingerprint density at radius 2 is 2.16 bits per heavy atom. The van der Waals surface area contributed by atoms with E-state index in [9.17, 15) is 14.9 Å². The zero-order chi connectivity index (χ0) is 13.8. The van der Waals surface area contributed by atoms with Crippen molar-refractivity contribution in [3.05, 3.63) is 39.4 Å². The lowest BCUT2D eigenvalue weighted by Crippen LogP contribution is -2.03. The first kappa shape index (κ1) is 13.1. The number of hydrogen-bond donors (Lipinski definition) is 0. The second kappa shape index (κ2) is 5.53. The normalized spacial score (nSPS) is 10.2. The van der Waals surface area contributed by atoms with Crippen molar-refractivity contribution < 1.29 is 14.5 Å². The zero-order valence-electron chi connectivity index (χ0n) is 9.90. The standard InChI is InChI=1S/C11H9N3O4S/c1-2-18-11(15)10-13-12-9(19-10)7-5-3-4-6-8(7)14(16)17/h3-6H,2H2,1H3. The predicted octanol–water partition coefficient (Wildman–Crippen LogP) is 2.29. The number of carbonyl (C=O) groups excluding carboxylic acids is 1. The molecule has 1 aromatic carbocycles. The van der Waals surface area contributed by atoms with E-state index in [-0.39, 0.29) is 17.3 Å². The minimum Gasteiger partial charge on any atom is -0.461 e. The fourth-order valence-electron chi connectivity index (χ4n) is 1.42. The molecule has 2 aromatic rings. The van der Waals surface area contributed by atoms with Crippen molar-refractivity contribution in [3.63, 3.8) is 0 Å². The van der Waals surface area contributed by atoms with Gasteiger partial charge in [-0.3, -0.25) is 10.1 Å². The smallest absolute Gasteiger partial charge is 0.369 e. The lowest BCUT2D eigenvalue weighted by atomic mass is 10.2. The van der Waals surface area contributed by atoms with Gasteiger partial charge in [0.1, 0.15) is 0 Å². The summed E-state index contributed by atoms with van der Waals surface area (Å²) in [5.41, 5.74) is 0.259. The fourth-order valence-corrected chi connectivity index (χ4v) is 2.19. The third kappa shape index (κ3) is 2.74. The van der Waals surface area contributed by atoms with Crippen LogP contribution in [-0.2, 0) is 4.74 Å². The third-order valence-electron chi connectivity index (χ3n) is 2.21. The maximum Gasteiger partial charge on any atom is 0.369 e. The first-order valence-electron chi connectivity index (χ1n) is 5.38. The molecule has 0 aliphatic heterocycles. The van der Waals surface area contributed by atoms with Crippen LogP contribution in [0.1, 0.15) is 16.7 Å². The van der Waals surface area contributed by atoms with Gasteiger partial charge < -0.3 is 4.74 Å². The molecule has 98 valence electrons. The molecule has 1 aromatic heterocycles. The quantitative estimate of drug-likeness (QED) is 0.484. The second-order valence-electron chi connectivity index (χ2n) is 3.41. The van der Waals surface area contributed by atoms with Crippen LogP contribution in [0, 0.1) is 10.1 Å². The summed E-state index contributed by atoms with van der Waals surface area (Å²) in [4.78, 5) is 21.9. The Hall–Kier alpha value is -2.35. The summed E-state index contributed by atoms with van der Waals surface area (Å²) in [5.74, 6) is -0.579. The Bertz CT molecular complexity index is 626. The van der Waals surface area contributed by atoms with Crippen molar-refractivity contribution in [2.45, 2.75) is 6.92 Å². The van der Waals surface area contributed by atoms with Gasteiger partial charge in [0.2, 0.25) is 5.01 Å². The molecule has 0 N–H and O–H groups in total. The maximum absolute atomic E-state index is 11.5. The molecule has 0 saturated carbocycles. The molecule has 0 fully saturated rings. The van der Waals surface area contributed by atoms with E-state index in [4.69, 9.17) is 4.74 Å². The largest absolute Gasteiger partial charge is 0.461 e. The maximum atomic E-state index is 11.5. The molecule has 8 heteroatoms. The average Bonchev–Trinajstić information content (AvgIpc) is 2.88. The van der Waals surface area contributed by atoms with Gasteiger partial charge in [-0.15, -0.1) is 10.2 Å². The number of nitro benzene ring substituents is 1. The molecule has 0 aliphatic rings. The molecule has 0 radical (unpaired) electrons. The summed E-state index contributed by atoms with van der Waals surface area (Å²) < 4.78 is 4.79. The predicted molar refractivity (Wildman–Crippen MR) is 68.0 cm³/mol. The summed E-state index contributed by atoms with van der Waals surface area (Å²) in [6, 6.07) is 6.16. The van der Waals surface area contributed by atoms with Crippen LogP contribution in [0.3, 0.4) is 0 Å². The molecule has 2 rings (SSSR count). The molecular weight excluding hydrogens is 270 g/mol. The third-order valence-corrected chi connectivity index (χ3v) is 3.14. The van der Waals surface area contributed by atoms with Crippen molar-refractivity contribution >= 4 is 23.0 Å². The number of benzene rings is 1. The topological polar surface area (TPSA) is 95.2 Å². The summed E-state index contributed by atoms with van der Waals surface area (Å²) in [5, 5.41) is 18.8. The van der Waals surface area contributed by atoms with Gasteiger partial charge in [-0.2, -0.15) is 0 Å². The van der Waals surface area contributed by atoms with Crippen LogP contribution >= 0.6 is 11.3 Å².